The average Bonchev–Trinajstić information content (AvgIpc) is 2.52. The lowest BCUT2D eigenvalue weighted by Gasteiger charge is -1.98. The molecule has 1 heterocycles. The molecule has 0 unspecified atom stereocenters. The highest BCUT2D eigenvalue weighted by Gasteiger charge is 2.09. The van der Waals surface area contributed by atoms with E-state index in [4.69, 9.17) is 0 Å². The number of Topliss-reactive ketones (excluding diaryl/α,β-unsaturated/α-hetero) is 1. The molecule has 13 heavy (non-hydrogen) atoms. The third-order valence-electron chi connectivity index (χ3n) is 2.12. The molecular weight excluding hydrogens is 180 g/mol. The minimum Gasteiger partial charge on any atom is -0.342 e. The number of hydrogen-bond acceptors (Lipinski definition) is 2. The molecule has 0 aromatic carbocycles. The molecule has 0 aliphatic carbocycles. The van der Waals surface area contributed by atoms with Gasteiger partial charge in [-0.15, -0.1) is 0 Å². The van der Waals surface area contributed by atoms with E-state index in [-0.39, 0.29) is 5.78 Å². The molecule has 1 N–H and O–H groups in total. The van der Waals surface area contributed by atoms with Crippen LogP contribution in [0, 0.1) is 0 Å². The number of imidazole rings is 1. The summed E-state index contributed by atoms with van der Waals surface area (Å²) in [5.41, 5.74) is 0.739. The Bertz CT molecular complexity index is 283. The van der Waals surface area contributed by atoms with Gasteiger partial charge < -0.3 is 4.98 Å². The van der Waals surface area contributed by atoms with Gasteiger partial charge in [0.05, 0.1) is 22.3 Å². The van der Waals surface area contributed by atoms with Crippen LogP contribution in [-0.2, 0) is 0 Å². The lowest BCUT2D eigenvalue weighted by molar-refractivity contribution is 0.0976. The third-order valence-corrected chi connectivity index (χ3v) is 2.87. The van der Waals surface area contributed by atoms with Crippen molar-refractivity contribution >= 4 is 21.3 Å². The highest BCUT2D eigenvalue weighted by molar-refractivity contribution is 6.34. The van der Waals surface area contributed by atoms with Gasteiger partial charge in [0.15, 0.2) is 5.78 Å². The lowest BCUT2D eigenvalue weighted by Crippen LogP contribution is -2.15. The molecule has 0 radical (unpaired) electrons. The Kier molecular flexibility index (Phi) is 3.89. The quantitative estimate of drug-likeness (QED) is 0.414. The highest BCUT2D eigenvalue weighted by Crippen LogP contribution is 2.03. The molecule has 0 spiro atoms. The van der Waals surface area contributed by atoms with Crippen LogP contribution in [0.1, 0.15) is 43.1 Å². The van der Waals surface area contributed by atoms with E-state index in [2.05, 4.69) is 16.9 Å². The van der Waals surface area contributed by atoms with E-state index >= 15 is 0 Å². The number of carbonyl (C=O) groups is 1. The number of unbranched alkanes of at least 4 members (excludes halogenated alkanes) is 2. The Morgan fingerprint density at radius 2 is 2.38 bits per heavy atom. The molecule has 0 aliphatic rings. The summed E-state index contributed by atoms with van der Waals surface area (Å²) in [7, 11) is 0.842. The number of nitrogens with zero attached hydrogens (tertiary/aromatic N) is 1. The predicted molar refractivity (Wildman–Crippen MR) is 56.6 cm³/mol. The van der Waals surface area contributed by atoms with Gasteiger partial charge in [0, 0.05) is 11.7 Å². The number of rotatable bonds is 5. The monoisotopic (exact) mass is 196 g/mol. The van der Waals surface area contributed by atoms with Gasteiger partial charge in [0.25, 0.3) is 0 Å². The maximum absolute atomic E-state index is 11.6. The molecule has 0 atom stereocenters. The van der Waals surface area contributed by atoms with Crippen molar-refractivity contribution in [3.63, 3.8) is 0 Å². The zero-order valence-electron chi connectivity index (χ0n) is 8.26. The SMILES string of the molecule is CCCCCC(=O)c1[nH]cnc1[SiH3]. The summed E-state index contributed by atoms with van der Waals surface area (Å²) in [4.78, 5) is 18.5. The van der Waals surface area contributed by atoms with Crippen LogP contribution in [0.3, 0.4) is 0 Å². The van der Waals surface area contributed by atoms with Gasteiger partial charge in [-0.3, -0.25) is 4.79 Å². The first-order valence-electron chi connectivity index (χ1n) is 4.79. The van der Waals surface area contributed by atoms with E-state index in [0.29, 0.717) is 6.42 Å². The second-order valence-electron chi connectivity index (χ2n) is 3.24. The fourth-order valence-electron chi connectivity index (χ4n) is 1.31. The van der Waals surface area contributed by atoms with Crippen molar-refractivity contribution < 1.29 is 4.79 Å². The van der Waals surface area contributed by atoms with Gasteiger partial charge in [0.1, 0.15) is 0 Å². The minimum atomic E-state index is 0.218. The fourth-order valence-corrected chi connectivity index (χ4v) is 1.86. The van der Waals surface area contributed by atoms with Crippen molar-refractivity contribution in [2.45, 2.75) is 32.6 Å². The molecule has 0 saturated heterocycles. The molecule has 1 aromatic rings. The van der Waals surface area contributed by atoms with Gasteiger partial charge in [-0.1, -0.05) is 19.8 Å². The molecule has 4 heteroatoms. The molecular formula is C9H16N2OSi. The third kappa shape index (κ3) is 2.80. The lowest BCUT2D eigenvalue weighted by atomic mass is 10.1. The van der Waals surface area contributed by atoms with Crippen LogP contribution >= 0.6 is 0 Å². The van der Waals surface area contributed by atoms with Crippen molar-refractivity contribution in [1.29, 1.82) is 0 Å². The molecule has 0 bridgehead atoms. The van der Waals surface area contributed by atoms with Gasteiger partial charge in [0.2, 0.25) is 0 Å². The zero-order chi connectivity index (χ0) is 9.68. The Morgan fingerprint density at radius 3 is 2.92 bits per heavy atom. The van der Waals surface area contributed by atoms with Crippen molar-refractivity contribution in [3.05, 3.63) is 12.0 Å². The number of H-pyrrole nitrogens is 1. The smallest absolute Gasteiger partial charge is 0.180 e. The van der Waals surface area contributed by atoms with Crippen LogP contribution in [0.2, 0.25) is 0 Å². The maximum atomic E-state index is 11.6. The zero-order valence-corrected chi connectivity index (χ0v) is 10.3. The van der Waals surface area contributed by atoms with Gasteiger partial charge >= 0.3 is 0 Å². The summed E-state index contributed by atoms with van der Waals surface area (Å²) >= 11 is 0. The van der Waals surface area contributed by atoms with Crippen LogP contribution in [0.15, 0.2) is 6.33 Å². The highest BCUT2D eigenvalue weighted by atomic mass is 28.1. The second kappa shape index (κ2) is 4.96. The van der Waals surface area contributed by atoms with Crippen molar-refractivity contribution in [2.24, 2.45) is 0 Å². The Labute approximate surface area is 81.4 Å². The van der Waals surface area contributed by atoms with E-state index in [9.17, 15) is 4.79 Å². The number of aromatic nitrogens is 2. The molecule has 0 fully saturated rings. The number of carbonyl (C=O) groups excluding carboxylic acids is 1. The molecule has 0 aliphatic heterocycles. The number of nitrogens with one attached hydrogen (secondary N) is 1. The van der Waals surface area contributed by atoms with Crippen LogP contribution < -0.4 is 5.32 Å². The molecule has 0 saturated carbocycles. The molecule has 3 nitrogen and oxygen atoms in total. The minimum absolute atomic E-state index is 0.218. The van der Waals surface area contributed by atoms with Crippen LogP contribution in [-0.4, -0.2) is 26.0 Å². The van der Waals surface area contributed by atoms with Crippen LogP contribution in [0.4, 0.5) is 0 Å². The predicted octanol–water partition coefficient (Wildman–Crippen LogP) is 0.163. The van der Waals surface area contributed by atoms with E-state index in [0.717, 1.165) is 40.5 Å². The molecule has 1 rings (SSSR count). The average molecular weight is 196 g/mol. The number of ketones is 1. The van der Waals surface area contributed by atoms with Crippen molar-refractivity contribution in [2.75, 3.05) is 0 Å². The van der Waals surface area contributed by atoms with Gasteiger partial charge in [-0.05, 0) is 6.42 Å². The Balaban J connectivity index is 2.45. The van der Waals surface area contributed by atoms with Gasteiger partial charge in [-0.25, -0.2) is 4.98 Å². The van der Waals surface area contributed by atoms with E-state index in [1.54, 1.807) is 6.33 Å². The van der Waals surface area contributed by atoms with E-state index < -0.39 is 0 Å². The van der Waals surface area contributed by atoms with Crippen LogP contribution in [0.5, 0.6) is 0 Å². The number of aromatic amines is 1. The summed E-state index contributed by atoms with van der Waals surface area (Å²) < 4.78 is 0. The molecule has 72 valence electrons. The van der Waals surface area contributed by atoms with Crippen molar-refractivity contribution in [1.82, 2.24) is 9.97 Å². The first-order chi connectivity index (χ1) is 6.25. The fraction of sp³-hybridized carbons (Fsp3) is 0.556. The number of hydrogen-bond donors (Lipinski definition) is 1. The summed E-state index contributed by atoms with van der Waals surface area (Å²) in [6, 6.07) is 0. The molecule has 0 amide bonds. The first-order valence-corrected chi connectivity index (χ1v) is 5.79. The summed E-state index contributed by atoms with van der Waals surface area (Å²) in [6.07, 6.45) is 5.55. The maximum Gasteiger partial charge on any atom is 0.180 e. The largest absolute Gasteiger partial charge is 0.342 e. The molecule has 1 aromatic heterocycles. The van der Waals surface area contributed by atoms with Gasteiger partial charge in [-0.2, -0.15) is 0 Å². The summed E-state index contributed by atoms with van der Waals surface area (Å²) in [5, 5.41) is 0.946. The van der Waals surface area contributed by atoms with E-state index in [1.807, 2.05) is 0 Å². The standard InChI is InChI=1S/C9H16N2OSi/c1-2-3-4-5-7(12)8-9(13)11-6-10-8/h6H,2-5H2,1,13H3,(H,10,11). The summed E-state index contributed by atoms with van der Waals surface area (Å²) in [6.45, 7) is 2.14. The van der Waals surface area contributed by atoms with Crippen molar-refractivity contribution in [3.8, 4) is 0 Å². The Hall–Kier alpha value is -0.903. The summed E-state index contributed by atoms with van der Waals surface area (Å²) in [5.74, 6) is 0.218. The van der Waals surface area contributed by atoms with Crippen LogP contribution in [0.25, 0.3) is 0 Å². The topological polar surface area (TPSA) is 45.8 Å². The first kappa shape index (κ1) is 10.2. The van der Waals surface area contributed by atoms with E-state index in [1.165, 1.54) is 0 Å². The Morgan fingerprint density at radius 1 is 1.62 bits per heavy atom. The second-order valence-corrected chi connectivity index (χ2v) is 4.19. The normalized spacial score (nSPS) is 10.5.